The SMILES string of the molecule is NC(=O)c1ccc(C(=O)NCC(F)(F)C2(O)CCCCC2)cc1. The van der Waals surface area contributed by atoms with Crippen LogP contribution in [0.15, 0.2) is 24.3 Å². The van der Waals surface area contributed by atoms with Crippen molar-refractivity contribution in [2.45, 2.75) is 43.6 Å². The highest BCUT2D eigenvalue weighted by atomic mass is 19.3. The van der Waals surface area contributed by atoms with Crippen LogP contribution < -0.4 is 11.1 Å². The van der Waals surface area contributed by atoms with Gasteiger partial charge in [0.15, 0.2) is 0 Å². The number of alkyl halides is 2. The van der Waals surface area contributed by atoms with Crippen LogP contribution in [0.25, 0.3) is 0 Å². The zero-order chi connectivity index (χ0) is 17.1. The molecule has 0 aliphatic heterocycles. The van der Waals surface area contributed by atoms with E-state index in [1.165, 1.54) is 24.3 Å². The molecule has 0 radical (unpaired) electrons. The van der Waals surface area contributed by atoms with E-state index in [-0.39, 0.29) is 24.0 Å². The summed E-state index contributed by atoms with van der Waals surface area (Å²) in [6.45, 7) is -0.931. The highest BCUT2D eigenvalue weighted by molar-refractivity contribution is 5.97. The average Bonchev–Trinajstić information content (AvgIpc) is 2.53. The second kappa shape index (κ2) is 6.62. The second-order valence-corrected chi connectivity index (χ2v) is 5.92. The molecule has 0 atom stereocenters. The molecule has 1 aromatic carbocycles. The number of carbonyl (C=O) groups is 2. The van der Waals surface area contributed by atoms with Gasteiger partial charge < -0.3 is 16.2 Å². The Morgan fingerprint density at radius 2 is 1.65 bits per heavy atom. The summed E-state index contributed by atoms with van der Waals surface area (Å²) in [4.78, 5) is 22.9. The van der Waals surface area contributed by atoms with Gasteiger partial charge in [-0.25, -0.2) is 8.78 Å². The van der Waals surface area contributed by atoms with Gasteiger partial charge in [0, 0.05) is 11.1 Å². The molecule has 2 amide bonds. The predicted octanol–water partition coefficient (Wildman–Crippen LogP) is 1.85. The number of benzene rings is 1. The molecular formula is C16H20F2N2O3. The normalized spacial score (nSPS) is 17.5. The number of hydrogen-bond acceptors (Lipinski definition) is 3. The lowest BCUT2D eigenvalue weighted by atomic mass is 9.80. The summed E-state index contributed by atoms with van der Waals surface area (Å²) in [5.41, 5.74) is 3.39. The molecule has 1 aliphatic carbocycles. The molecule has 0 heterocycles. The zero-order valence-electron chi connectivity index (χ0n) is 12.6. The molecule has 0 unspecified atom stereocenters. The van der Waals surface area contributed by atoms with Crippen molar-refractivity contribution < 1.29 is 23.5 Å². The van der Waals surface area contributed by atoms with Crippen molar-refractivity contribution in [3.63, 3.8) is 0 Å². The van der Waals surface area contributed by atoms with Gasteiger partial charge in [-0.3, -0.25) is 9.59 Å². The maximum Gasteiger partial charge on any atom is 0.293 e. The maximum atomic E-state index is 14.2. The fraction of sp³-hybridized carbons (Fsp3) is 0.500. The molecule has 0 saturated heterocycles. The fourth-order valence-electron chi connectivity index (χ4n) is 2.75. The minimum atomic E-state index is -3.39. The van der Waals surface area contributed by atoms with Crippen molar-refractivity contribution in [1.82, 2.24) is 5.32 Å². The van der Waals surface area contributed by atoms with E-state index in [0.29, 0.717) is 12.8 Å². The smallest absolute Gasteiger partial charge is 0.293 e. The Morgan fingerprint density at radius 1 is 1.13 bits per heavy atom. The average molecular weight is 326 g/mol. The molecular weight excluding hydrogens is 306 g/mol. The lowest BCUT2D eigenvalue weighted by molar-refractivity contribution is -0.191. The Balaban J connectivity index is 1.98. The zero-order valence-corrected chi connectivity index (χ0v) is 12.6. The Bertz CT molecular complexity index is 581. The Hall–Kier alpha value is -2.02. The van der Waals surface area contributed by atoms with Crippen molar-refractivity contribution in [3.8, 4) is 0 Å². The number of rotatable bonds is 5. The molecule has 0 aromatic heterocycles. The lowest BCUT2D eigenvalue weighted by Crippen LogP contribution is -2.55. The van der Waals surface area contributed by atoms with Crippen molar-refractivity contribution in [2.24, 2.45) is 5.73 Å². The fourth-order valence-corrected chi connectivity index (χ4v) is 2.75. The van der Waals surface area contributed by atoms with Gasteiger partial charge in [-0.1, -0.05) is 19.3 Å². The molecule has 0 bridgehead atoms. The van der Waals surface area contributed by atoms with Gasteiger partial charge in [-0.2, -0.15) is 0 Å². The van der Waals surface area contributed by atoms with E-state index >= 15 is 0 Å². The topological polar surface area (TPSA) is 92.4 Å². The monoisotopic (exact) mass is 326 g/mol. The first-order chi connectivity index (χ1) is 10.8. The van der Waals surface area contributed by atoms with E-state index in [2.05, 4.69) is 5.32 Å². The third-order valence-corrected chi connectivity index (χ3v) is 4.26. The molecule has 1 aromatic rings. The van der Waals surface area contributed by atoms with Crippen LogP contribution in [0.3, 0.4) is 0 Å². The number of nitrogens with one attached hydrogen (secondary N) is 1. The molecule has 5 nitrogen and oxygen atoms in total. The van der Waals surface area contributed by atoms with Crippen LogP contribution >= 0.6 is 0 Å². The Labute approximate surface area is 132 Å². The first-order valence-electron chi connectivity index (χ1n) is 7.53. The molecule has 0 spiro atoms. The summed E-state index contributed by atoms with van der Waals surface area (Å²) < 4.78 is 28.4. The number of primary amides is 1. The highest BCUT2D eigenvalue weighted by Crippen LogP contribution is 2.40. The number of amides is 2. The van der Waals surface area contributed by atoms with Gasteiger partial charge in [0.2, 0.25) is 5.91 Å². The van der Waals surface area contributed by atoms with Gasteiger partial charge in [0.05, 0.1) is 6.54 Å². The minimum absolute atomic E-state index is 0.0309. The van der Waals surface area contributed by atoms with Crippen molar-refractivity contribution in [2.75, 3.05) is 6.54 Å². The number of halogens is 2. The molecule has 4 N–H and O–H groups in total. The van der Waals surface area contributed by atoms with Crippen LogP contribution in [0, 0.1) is 0 Å². The quantitative estimate of drug-likeness (QED) is 0.771. The molecule has 1 aliphatic rings. The standard InChI is InChI=1S/C16H20F2N2O3/c17-16(18,15(23)8-2-1-3-9-15)10-20-14(22)12-6-4-11(5-7-12)13(19)21/h4-7,23H,1-3,8-10H2,(H2,19,21)(H,20,22). The summed E-state index contributed by atoms with van der Waals surface area (Å²) in [7, 11) is 0. The van der Waals surface area contributed by atoms with Gasteiger partial charge >= 0.3 is 0 Å². The van der Waals surface area contributed by atoms with Gasteiger partial charge in [0.25, 0.3) is 11.8 Å². The third-order valence-electron chi connectivity index (χ3n) is 4.26. The van der Waals surface area contributed by atoms with Crippen molar-refractivity contribution >= 4 is 11.8 Å². The summed E-state index contributed by atoms with van der Waals surface area (Å²) in [6, 6.07) is 5.37. The summed E-state index contributed by atoms with van der Waals surface area (Å²) in [5.74, 6) is -4.72. The van der Waals surface area contributed by atoms with Gasteiger partial charge in [-0.05, 0) is 37.1 Å². The van der Waals surface area contributed by atoms with E-state index in [4.69, 9.17) is 5.73 Å². The van der Waals surface area contributed by atoms with E-state index in [0.717, 1.165) is 6.42 Å². The summed E-state index contributed by atoms with van der Waals surface area (Å²) in [6.07, 6.45) is 1.99. The predicted molar refractivity (Wildman–Crippen MR) is 80.3 cm³/mol. The molecule has 2 rings (SSSR count). The minimum Gasteiger partial charge on any atom is -0.384 e. The van der Waals surface area contributed by atoms with Crippen molar-refractivity contribution in [3.05, 3.63) is 35.4 Å². The number of nitrogens with two attached hydrogens (primary N) is 1. The summed E-state index contributed by atoms with van der Waals surface area (Å²) >= 11 is 0. The Kier molecular flexibility index (Phi) is 4.99. The van der Waals surface area contributed by atoms with Crippen LogP contribution in [-0.4, -0.2) is 35.0 Å². The number of aliphatic hydroxyl groups is 1. The van der Waals surface area contributed by atoms with Crippen LogP contribution in [0.4, 0.5) is 8.78 Å². The van der Waals surface area contributed by atoms with E-state index < -0.39 is 29.9 Å². The first-order valence-corrected chi connectivity index (χ1v) is 7.53. The van der Waals surface area contributed by atoms with Crippen LogP contribution in [0.1, 0.15) is 52.8 Å². The number of hydrogen-bond donors (Lipinski definition) is 3. The molecule has 1 saturated carbocycles. The molecule has 23 heavy (non-hydrogen) atoms. The second-order valence-electron chi connectivity index (χ2n) is 5.92. The van der Waals surface area contributed by atoms with E-state index in [9.17, 15) is 23.5 Å². The largest absolute Gasteiger partial charge is 0.384 e. The summed E-state index contributed by atoms with van der Waals surface area (Å²) in [5, 5.41) is 12.3. The third kappa shape index (κ3) is 3.85. The molecule has 126 valence electrons. The lowest BCUT2D eigenvalue weighted by Gasteiger charge is -2.38. The van der Waals surface area contributed by atoms with E-state index in [1.807, 2.05) is 0 Å². The molecule has 7 heteroatoms. The molecule has 1 fully saturated rings. The Morgan fingerprint density at radius 3 is 2.17 bits per heavy atom. The number of carbonyl (C=O) groups excluding carboxylic acids is 2. The maximum absolute atomic E-state index is 14.2. The highest BCUT2D eigenvalue weighted by Gasteiger charge is 2.52. The van der Waals surface area contributed by atoms with Crippen LogP contribution in [-0.2, 0) is 0 Å². The van der Waals surface area contributed by atoms with Crippen LogP contribution in [0.2, 0.25) is 0 Å². The van der Waals surface area contributed by atoms with Crippen molar-refractivity contribution in [1.29, 1.82) is 0 Å². The van der Waals surface area contributed by atoms with E-state index in [1.54, 1.807) is 0 Å². The van der Waals surface area contributed by atoms with Gasteiger partial charge in [0.1, 0.15) is 5.60 Å². The first kappa shape index (κ1) is 17.3. The van der Waals surface area contributed by atoms with Gasteiger partial charge in [-0.15, -0.1) is 0 Å². The van der Waals surface area contributed by atoms with Crippen LogP contribution in [0.5, 0.6) is 0 Å².